The molecule has 0 bridgehead atoms. The van der Waals surface area contributed by atoms with Gasteiger partial charge in [0.1, 0.15) is 5.82 Å². The first-order valence-electron chi connectivity index (χ1n) is 8.14. The van der Waals surface area contributed by atoms with E-state index in [0.717, 1.165) is 26.4 Å². The Balaban J connectivity index is 2.61. The first-order chi connectivity index (χ1) is 14.0. The third kappa shape index (κ3) is 5.07. The van der Waals surface area contributed by atoms with Crippen molar-refractivity contribution in [2.24, 2.45) is 5.92 Å². The summed E-state index contributed by atoms with van der Waals surface area (Å²) in [6, 6.07) is 4.51. The van der Waals surface area contributed by atoms with Gasteiger partial charge < -0.3 is 9.47 Å². The first kappa shape index (κ1) is 23.6. The maximum absolute atomic E-state index is 14.4. The molecule has 30 heavy (non-hydrogen) atoms. The van der Waals surface area contributed by atoms with Crippen LogP contribution in [-0.2, 0) is 25.2 Å². The summed E-state index contributed by atoms with van der Waals surface area (Å²) in [5.74, 6) is -8.76. The van der Waals surface area contributed by atoms with Crippen molar-refractivity contribution in [1.29, 1.82) is 0 Å². The number of halogens is 6. The average molecular weight is 452 g/mol. The molecule has 0 aliphatic heterocycles. The predicted molar refractivity (Wildman–Crippen MR) is 93.9 cm³/mol. The second kappa shape index (κ2) is 9.41. The van der Waals surface area contributed by atoms with Crippen molar-refractivity contribution in [2.75, 3.05) is 14.2 Å². The molecule has 0 aliphatic carbocycles. The molecule has 4 nitrogen and oxygen atoms in total. The van der Waals surface area contributed by atoms with Crippen LogP contribution in [0.4, 0.5) is 26.3 Å². The lowest BCUT2D eigenvalue weighted by atomic mass is 9.97. The number of carbonyl (C=O) groups is 2. The summed E-state index contributed by atoms with van der Waals surface area (Å²) in [6.45, 7) is 0. The van der Waals surface area contributed by atoms with Crippen molar-refractivity contribution in [3.05, 3.63) is 65.0 Å². The summed E-state index contributed by atoms with van der Waals surface area (Å²) < 4.78 is 89.9. The number of alkyl halides is 3. The van der Waals surface area contributed by atoms with Gasteiger partial charge in [-0.2, -0.15) is 13.2 Å². The monoisotopic (exact) mass is 452 g/mol. The lowest BCUT2D eigenvalue weighted by molar-refractivity contribution is -0.158. The third-order valence-electron chi connectivity index (χ3n) is 4.02. The fourth-order valence-electron chi connectivity index (χ4n) is 2.56. The van der Waals surface area contributed by atoms with Gasteiger partial charge in [-0.3, -0.25) is 9.59 Å². The number of rotatable bonds is 6. The standard InChI is InChI=1S/C19H14F6O4S/c1-28-17(26)14(18(27)29-2)16(13-11(20)7-8-12(21)15(13)22)30-10-5-3-9(4-6-10)19(23,24)25/h3-8,14,16H,1-2H3. The van der Waals surface area contributed by atoms with Crippen LogP contribution in [0.2, 0.25) is 0 Å². The molecular weight excluding hydrogens is 438 g/mol. The molecule has 2 aromatic carbocycles. The number of esters is 2. The molecule has 0 fully saturated rings. The van der Waals surface area contributed by atoms with Crippen LogP contribution in [0.25, 0.3) is 0 Å². The van der Waals surface area contributed by atoms with Crippen molar-refractivity contribution >= 4 is 23.7 Å². The van der Waals surface area contributed by atoms with Crippen molar-refractivity contribution < 1.29 is 45.4 Å². The lowest BCUT2D eigenvalue weighted by Crippen LogP contribution is -2.32. The van der Waals surface area contributed by atoms with Gasteiger partial charge in [0.05, 0.1) is 25.0 Å². The molecular formula is C19H14F6O4S. The smallest absolute Gasteiger partial charge is 0.416 e. The van der Waals surface area contributed by atoms with Gasteiger partial charge >= 0.3 is 18.1 Å². The van der Waals surface area contributed by atoms with Crippen molar-refractivity contribution in [3.63, 3.8) is 0 Å². The topological polar surface area (TPSA) is 52.6 Å². The van der Waals surface area contributed by atoms with Gasteiger partial charge in [-0.15, -0.1) is 11.8 Å². The average Bonchev–Trinajstić information content (AvgIpc) is 2.70. The summed E-state index contributed by atoms with van der Waals surface area (Å²) in [7, 11) is 1.83. The second-order valence-electron chi connectivity index (χ2n) is 5.84. The Hall–Kier alpha value is -2.69. The van der Waals surface area contributed by atoms with E-state index < -0.39 is 57.9 Å². The van der Waals surface area contributed by atoms with Crippen LogP contribution < -0.4 is 0 Å². The summed E-state index contributed by atoms with van der Waals surface area (Å²) in [5, 5.41) is -1.74. The van der Waals surface area contributed by atoms with Crippen LogP contribution in [0.1, 0.15) is 16.4 Å². The highest BCUT2D eigenvalue weighted by Gasteiger charge is 2.42. The molecule has 0 radical (unpaired) electrons. The molecule has 0 spiro atoms. The van der Waals surface area contributed by atoms with E-state index in [1.54, 1.807) is 0 Å². The Bertz CT molecular complexity index is 914. The van der Waals surface area contributed by atoms with Crippen LogP contribution >= 0.6 is 11.8 Å². The zero-order valence-corrected chi connectivity index (χ0v) is 16.2. The molecule has 11 heteroatoms. The molecule has 2 rings (SSSR count). The van der Waals surface area contributed by atoms with Gasteiger partial charge in [0, 0.05) is 10.5 Å². The van der Waals surface area contributed by atoms with Crippen molar-refractivity contribution in [1.82, 2.24) is 0 Å². The van der Waals surface area contributed by atoms with Gasteiger partial charge in [0.2, 0.25) is 0 Å². The minimum absolute atomic E-state index is 0.0221. The van der Waals surface area contributed by atoms with Crippen LogP contribution in [0.15, 0.2) is 41.3 Å². The summed E-state index contributed by atoms with van der Waals surface area (Å²) in [4.78, 5) is 24.4. The van der Waals surface area contributed by atoms with E-state index in [2.05, 4.69) is 9.47 Å². The Kier molecular flexibility index (Phi) is 7.40. The van der Waals surface area contributed by atoms with E-state index in [1.807, 2.05) is 0 Å². The first-order valence-corrected chi connectivity index (χ1v) is 9.02. The fraction of sp³-hybridized carbons (Fsp3) is 0.263. The Morgan fingerprint density at radius 1 is 0.867 bits per heavy atom. The van der Waals surface area contributed by atoms with Crippen molar-refractivity contribution in [2.45, 2.75) is 16.3 Å². The van der Waals surface area contributed by atoms with Crippen LogP contribution in [-0.4, -0.2) is 26.2 Å². The molecule has 1 atom stereocenters. The van der Waals surface area contributed by atoms with Crippen LogP contribution in [0, 0.1) is 23.4 Å². The van der Waals surface area contributed by atoms with Crippen molar-refractivity contribution in [3.8, 4) is 0 Å². The third-order valence-corrected chi connectivity index (χ3v) is 5.33. The number of thioether (sulfide) groups is 1. The van der Waals surface area contributed by atoms with Gasteiger partial charge in [0.15, 0.2) is 17.6 Å². The number of ether oxygens (including phenoxy) is 2. The minimum atomic E-state index is -4.62. The maximum Gasteiger partial charge on any atom is 0.416 e. The van der Waals surface area contributed by atoms with Gasteiger partial charge in [-0.1, -0.05) is 0 Å². The summed E-state index contributed by atoms with van der Waals surface area (Å²) >= 11 is 0.478. The number of methoxy groups -OCH3 is 2. The minimum Gasteiger partial charge on any atom is -0.468 e. The number of hydrogen-bond donors (Lipinski definition) is 0. The van der Waals surface area contributed by atoms with Crippen LogP contribution in [0.5, 0.6) is 0 Å². The largest absolute Gasteiger partial charge is 0.468 e. The number of carbonyl (C=O) groups excluding carboxylic acids is 2. The highest BCUT2D eigenvalue weighted by atomic mass is 32.2. The van der Waals surface area contributed by atoms with E-state index in [9.17, 15) is 35.9 Å². The Morgan fingerprint density at radius 3 is 1.83 bits per heavy atom. The molecule has 0 aromatic heterocycles. The van der Waals surface area contributed by atoms with Gasteiger partial charge in [0.25, 0.3) is 0 Å². The normalized spacial score (nSPS) is 12.6. The molecule has 0 aliphatic rings. The fourth-order valence-corrected chi connectivity index (χ4v) is 3.84. The Morgan fingerprint density at radius 2 is 1.37 bits per heavy atom. The van der Waals surface area contributed by atoms with E-state index in [-0.39, 0.29) is 4.90 Å². The highest BCUT2D eigenvalue weighted by molar-refractivity contribution is 7.99. The predicted octanol–water partition coefficient (Wildman–Crippen LogP) is 4.92. The molecule has 0 saturated carbocycles. The summed E-state index contributed by atoms with van der Waals surface area (Å²) in [5.41, 5.74) is -1.94. The van der Waals surface area contributed by atoms with E-state index >= 15 is 0 Å². The zero-order chi connectivity index (χ0) is 22.6. The van der Waals surface area contributed by atoms with E-state index in [1.165, 1.54) is 0 Å². The van der Waals surface area contributed by atoms with E-state index in [0.29, 0.717) is 36.0 Å². The quantitative estimate of drug-likeness (QED) is 0.205. The second-order valence-corrected chi connectivity index (χ2v) is 7.06. The molecule has 0 N–H and O–H groups in total. The molecule has 2 aromatic rings. The number of hydrogen-bond acceptors (Lipinski definition) is 5. The SMILES string of the molecule is COC(=O)C(C(=O)OC)C(Sc1ccc(C(F)(F)F)cc1)c1c(F)ccc(F)c1F. The van der Waals surface area contributed by atoms with E-state index in [4.69, 9.17) is 0 Å². The maximum atomic E-state index is 14.4. The molecule has 162 valence electrons. The van der Waals surface area contributed by atoms with Crippen LogP contribution in [0.3, 0.4) is 0 Å². The van der Waals surface area contributed by atoms with Gasteiger partial charge in [-0.05, 0) is 36.4 Å². The summed E-state index contributed by atoms with van der Waals surface area (Å²) in [6.07, 6.45) is -4.62. The van der Waals surface area contributed by atoms with Gasteiger partial charge in [-0.25, -0.2) is 13.2 Å². The highest BCUT2D eigenvalue weighted by Crippen LogP contribution is 2.44. The molecule has 1 unspecified atom stereocenters. The Labute approximate surface area is 171 Å². The zero-order valence-electron chi connectivity index (χ0n) is 15.4. The molecule has 0 saturated heterocycles. The number of benzene rings is 2. The lowest BCUT2D eigenvalue weighted by Gasteiger charge is -2.24. The molecule has 0 amide bonds. The molecule has 0 heterocycles.